The molecule has 10 heteroatoms. The van der Waals surface area contributed by atoms with Gasteiger partial charge in [-0.2, -0.15) is 0 Å². The average molecular weight is 447 g/mol. The van der Waals surface area contributed by atoms with Crippen LogP contribution in [-0.2, 0) is 9.53 Å². The molecule has 30 heavy (non-hydrogen) atoms. The predicted octanol–water partition coefficient (Wildman–Crippen LogP) is 4.04. The number of halogens is 1. The molecule has 2 aromatic carbocycles. The number of benzene rings is 2. The Morgan fingerprint density at radius 1 is 1.23 bits per heavy atom. The zero-order valence-electron chi connectivity index (χ0n) is 16.3. The predicted molar refractivity (Wildman–Crippen MR) is 115 cm³/mol. The van der Waals surface area contributed by atoms with Gasteiger partial charge >= 0.3 is 5.97 Å². The summed E-state index contributed by atoms with van der Waals surface area (Å²) in [5.41, 5.74) is 1.35. The zero-order valence-corrected chi connectivity index (χ0v) is 17.8. The van der Waals surface area contributed by atoms with Gasteiger partial charge < -0.3 is 14.8 Å². The van der Waals surface area contributed by atoms with Gasteiger partial charge in [-0.15, -0.1) is 5.10 Å². The highest BCUT2D eigenvalue weighted by atomic mass is 35.5. The molecular weight excluding hydrogens is 428 g/mol. The number of amides is 1. The maximum Gasteiger partial charge on any atom is 0.340 e. The quantitative estimate of drug-likeness (QED) is 0.397. The van der Waals surface area contributed by atoms with Crippen LogP contribution in [0.15, 0.2) is 47.6 Å². The van der Waals surface area contributed by atoms with E-state index in [1.807, 2.05) is 0 Å². The maximum atomic E-state index is 12.4. The average Bonchev–Trinajstić information content (AvgIpc) is 3.22. The number of carbonyl (C=O) groups is 2. The maximum absolute atomic E-state index is 12.4. The second-order valence-electron chi connectivity index (χ2n) is 5.91. The Hall–Kier alpha value is -3.04. The fourth-order valence-corrected chi connectivity index (χ4v) is 3.36. The molecule has 0 saturated carbocycles. The fraction of sp³-hybridized carbons (Fsp3) is 0.200. The summed E-state index contributed by atoms with van der Waals surface area (Å²) < 4.78 is 10.3. The van der Waals surface area contributed by atoms with E-state index < -0.39 is 5.97 Å². The van der Waals surface area contributed by atoms with Crippen LogP contribution in [0, 0.1) is 0 Å². The Morgan fingerprint density at radius 2 is 2.03 bits per heavy atom. The van der Waals surface area contributed by atoms with Gasteiger partial charge in [-0.25, -0.2) is 9.78 Å². The Morgan fingerprint density at radius 3 is 2.80 bits per heavy atom. The number of rotatable bonds is 8. The van der Waals surface area contributed by atoms with Crippen molar-refractivity contribution in [1.82, 2.24) is 15.2 Å². The minimum atomic E-state index is -0.491. The highest BCUT2D eigenvalue weighted by molar-refractivity contribution is 7.99. The summed E-state index contributed by atoms with van der Waals surface area (Å²) in [6.07, 6.45) is 0. The molecule has 0 saturated heterocycles. The number of hydrogen-bond acceptors (Lipinski definition) is 7. The van der Waals surface area contributed by atoms with E-state index >= 15 is 0 Å². The van der Waals surface area contributed by atoms with Gasteiger partial charge in [-0.1, -0.05) is 35.5 Å². The van der Waals surface area contributed by atoms with Crippen molar-refractivity contribution in [2.75, 3.05) is 24.8 Å². The van der Waals surface area contributed by atoms with Crippen molar-refractivity contribution in [3.05, 3.63) is 53.1 Å². The molecule has 3 aromatic rings. The minimum Gasteiger partial charge on any atom is -0.496 e. The van der Waals surface area contributed by atoms with E-state index in [0.717, 1.165) is 11.8 Å². The fourth-order valence-electron chi connectivity index (χ4n) is 2.59. The number of methoxy groups -OCH3 is 1. The molecule has 1 heterocycles. The third-order valence-corrected chi connectivity index (χ3v) is 4.99. The van der Waals surface area contributed by atoms with Crippen molar-refractivity contribution in [1.29, 1.82) is 0 Å². The molecule has 0 spiro atoms. The van der Waals surface area contributed by atoms with Crippen LogP contribution in [0.2, 0.25) is 5.02 Å². The van der Waals surface area contributed by atoms with Crippen LogP contribution >= 0.6 is 23.4 Å². The number of aromatic amines is 1. The second-order valence-corrected chi connectivity index (χ2v) is 7.29. The molecule has 3 rings (SSSR count). The van der Waals surface area contributed by atoms with E-state index in [1.165, 1.54) is 0 Å². The van der Waals surface area contributed by atoms with Gasteiger partial charge in [-0.05, 0) is 37.3 Å². The molecule has 156 valence electrons. The number of carbonyl (C=O) groups excluding carboxylic acids is 2. The normalized spacial score (nSPS) is 10.5. The Bertz CT molecular complexity index is 1060. The first-order valence-corrected chi connectivity index (χ1v) is 10.3. The topological polar surface area (TPSA) is 106 Å². The first kappa shape index (κ1) is 21.7. The smallest absolute Gasteiger partial charge is 0.340 e. The summed E-state index contributed by atoms with van der Waals surface area (Å²) in [5, 5.41) is 10.6. The summed E-state index contributed by atoms with van der Waals surface area (Å²) in [6, 6.07) is 11.8. The monoisotopic (exact) mass is 446 g/mol. The van der Waals surface area contributed by atoms with Gasteiger partial charge in [-0.3, -0.25) is 9.89 Å². The number of nitrogens with zero attached hydrogens (tertiary/aromatic N) is 2. The van der Waals surface area contributed by atoms with Gasteiger partial charge in [0.15, 0.2) is 5.82 Å². The Balaban J connectivity index is 1.65. The standard InChI is InChI=1S/C20H19ClN4O4S/c1-3-29-19(27)13-6-4-5-7-15(13)22-17(26)11-30-20-23-18(24-25-20)14-10-12(21)8-9-16(14)28-2/h4-10H,3,11H2,1-2H3,(H,22,26)(H,23,24,25). The minimum absolute atomic E-state index is 0.0567. The summed E-state index contributed by atoms with van der Waals surface area (Å²) >= 11 is 7.21. The third kappa shape index (κ3) is 5.31. The molecule has 0 radical (unpaired) electrons. The first-order valence-electron chi connectivity index (χ1n) is 8.97. The second kappa shape index (κ2) is 10.1. The highest BCUT2D eigenvalue weighted by Gasteiger charge is 2.16. The van der Waals surface area contributed by atoms with E-state index in [9.17, 15) is 9.59 Å². The molecule has 0 aliphatic rings. The lowest BCUT2D eigenvalue weighted by Gasteiger charge is -2.09. The van der Waals surface area contributed by atoms with Crippen molar-refractivity contribution < 1.29 is 19.1 Å². The van der Waals surface area contributed by atoms with E-state index in [0.29, 0.717) is 38.6 Å². The van der Waals surface area contributed by atoms with Crippen molar-refractivity contribution in [3.8, 4) is 17.1 Å². The van der Waals surface area contributed by atoms with Crippen molar-refractivity contribution in [3.63, 3.8) is 0 Å². The lowest BCUT2D eigenvalue weighted by atomic mass is 10.2. The van der Waals surface area contributed by atoms with Crippen LogP contribution in [0.1, 0.15) is 17.3 Å². The SMILES string of the molecule is CCOC(=O)c1ccccc1NC(=O)CSc1n[nH]c(-c2cc(Cl)ccc2OC)n1. The molecule has 0 unspecified atom stereocenters. The third-order valence-electron chi connectivity index (χ3n) is 3.91. The van der Waals surface area contributed by atoms with Gasteiger partial charge in [0, 0.05) is 5.02 Å². The highest BCUT2D eigenvalue weighted by Crippen LogP contribution is 2.31. The molecule has 0 aliphatic heterocycles. The lowest BCUT2D eigenvalue weighted by Crippen LogP contribution is -2.17. The van der Waals surface area contributed by atoms with Crippen molar-refractivity contribution >= 4 is 40.9 Å². The lowest BCUT2D eigenvalue weighted by molar-refractivity contribution is -0.113. The number of H-pyrrole nitrogens is 1. The number of nitrogens with one attached hydrogen (secondary N) is 2. The summed E-state index contributed by atoms with van der Waals surface area (Å²) in [7, 11) is 1.55. The summed E-state index contributed by atoms with van der Waals surface area (Å²) in [6.45, 7) is 1.97. The van der Waals surface area contributed by atoms with Crippen LogP contribution in [0.25, 0.3) is 11.4 Å². The van der Waals surface area contributed by atoms with E-state index in [4.69, 9.17) is 21.1 Å². The zero-order chi connectivity index (χ0) is 21.5. The van der Waals surface area contributed by atoms with E-state index in [-0.39, 0.29) is 18.3 Å². The Labute approximate surface area is 182 Å². The van der Waals surface area contributed by atoms with Gasteiger partial charge in [0.1, 0.15) is 5.75 Å². The summed E-state index contributed by atoms with van der Waals surface area (Å²) in [5.74, 6) is 0.338. The summed E-state index contributed by atoms with van der Waals surface area (Å²) in [4.78, 5) is 28.8. The molecule has 1 amide bonds. The molecular formula is C20H19ClN4O4S. The molecule has 0 atom stereocenters. The van der Waals surface area contributed by atoms with E-state index in [2.05, 4.69) is 20.5 Å². The van der Waals surface area contributed by atoms with Gasteiger partial charge in [0.25, 0.3) is 0 Å². The molecule has 0 aliphatic carbocycles. The number of anilines is 1. The van der Waals surface area contributed by atoms with Gasteiger partial charge in [0.2, 0.25) is 11.1 Å². The van der Waals surface area contributed by atoms with Crippen molar-refractivity contribution in [2.24, 2.45) is 0 Å². The molecule has 0 fully saturated rings. The van der Waals surface area contributed by atoms with Crippen molar-refractivity contribution in [2.45, 2.75) is 12.1 Å². The van der Waals surface area contributed by atoms with Crippen LogP contribution < -0.4 is 10.1 Å². The van der Waals surface area contributed by atoms with E-state index in [1.54, 1.807) is 56.5 Å². The Kier molecular flexibility index (Phi) is 7.31. The van der Waals surface area contributed by atoms with Crippen LogP contribution in [0.5, 0.6) is 5.75 Å². The number of hydrogen-bond donors (Lipinski definition) is 2. The molecule has 2 N–H and O–H groups in total. The first-order chi connectivity index (χ1) is 14.5. The largest absolute Gasteiger partial charge is 0.496 e. The van der Waals surface area contributed by atoms with Crippen LogP contribution in [0.4, 0.5) is 5.69 Å². The molecule has 1 aromatic heterocycles. The van der Waals surface area contributed by atoms with Gasteiger partial charge in [0.05, 0.1) is 36.3 Å². The number of thioether (sulfide) groups is 1. The van der Waals surface area contributed by atoms with Crippen LogP contribution in [-0.4, -0.2) is 46.5 Å². The molecule has 8 nitrogen and oxygen atoms in total. The number of esters is 1. The number of aromatic nitrogens is 3. The number of para-hydroxylation sites is 1. The molecule has 0 bridgehead atoms. The number of ether oxygens (including phenoxy) is 2. The van der Waals surface area contributed by atoms with Crippen LogP contribution in [0.3, 0.4) is 0 Å².